The summed E-state index contributed by atoms with van der Waals surface area (Å²) in [5.41, 5.74) is 7.44. The minimum absolute atomic E-state index is 0.237. The first kappa shape index (κ1) is 13.9. The summed E-state index contributed by atoms with van der Waals surface area (Å²) in [6, 6.07) is -0.767. The van der Waals surface area contributed by atoms with Crippen LogP contribution in [0, 0.1) is 0 Å². The molecule has 114 valence electrons. The number of aromatic amines is 2. The van der Waals surface area contributed by atoms with Gasteiger partial charge in [-0.2, -0.15) is 0 Å². The number of anilines is 1. The second kappa shape index (κ2) is 5.77. The number of nitrogens with two attached hydrogens (primary N) is 1. The highest BCUT2D eigenvalue weighted by Gasteiger charge is 2.19. The van der Waals surface area contributed by atoms with Crippen molar-refractivity contribution in [3.63, 3.8) is 0 Å². The Morgan fingerprint density at radius 2 is 2.32 bits per heavy atom. The van der Waals surface area contributed by atoms with Gasteiger partial charge in [-0.1, -0.05) is 0 Å². The zero-order chi connectivity index (χ0) is 15.5. The maximum absolute atomic E-state index is 11.3. The van der Waals surface area contributed by atoms with Gasteiger partial charge in [-0.3, -0.25) is 10.1 Å². The molecule has 10 heteroatoms. The molecule has 0 aliphatic carbocycles. The van der Waals surface area contributed by atoms with Crippen LogP contribution in [-0.2, 0) is 17.8 Å². The SMILES string of the molecule is Nc1ncnc2nc(CNC(Cc3cnc[nH]3)C(=O)O)[nH]c12. The van der Waals surface area contributed by atoms with Gasteiger partial charge in [0.1, 0.15) is 23.7 Å². The fraction of sp³-hybridized carbons (Fsp3) is 0.250. The van der Waals surface area contributed by atoms with Crippen LogP contribution in [-0.4, -0.2) is 47.0 Å². The molecule has 0 fully saturated rings. The average Bonchev–Trinajstić information content (AvgIpc) is 3.12. The van der Waals surface area contributed by atoms with Crippen molar-refractivity contribution in [2.45, 2.75) is 19.0 Å². The van der Waals surface area contributed by atoms with Gasteiger partial charge in [0.2, 0.25) is 0 Å². The van der Waals surface area contributed by atoms with Crippen molar-refractivity contribution in [3.05, 3.63) is 30.4 Å². The highest BCUT2D eigenvalue weighted by atomic mass is 16.4. The molecule has 3 heterocycles. The Balaban J connectivity index is 1.70. The van der Waals surface area contributed by atoms with E-state index in [1.807, 2.05) is 0 Å². The van der Waals surface area contributed by atoms with Crippen molar-refractivity contribution in [1.29, 1.82) is 0 Å². The van der Waals surface area contributed by atoms with Gasteiger partial charge < -0.3 is 20.8 Å². The first-order valence-electron chi connectivity index (χ1n) is 6.52. The van der Waals surface area contributed by atoms with Crippen LogP contribution in [0.15, 0.2) is 18.9 Å². The Kier molecular flexibility index (Phi) is 3.66. The summed E-state index contributed by atoms with van der Waals surface area (Å²) >= 11 is 0. The zero-order valence-corrected chi connectivity index (χ0v) is 11.4. The van der Waals surface area contributed by atoms with Gasteiger partial charge in [0, 0.05) is 18.3 Å². The molecule has 3 aromatic rings. The molecule has 0 spiro atoms. The largest absolute Gasteiger partial charge is 0.480 e. The molecule has 0 saturated heterocycles. The summed E-state index contributed by atoms with van der Waals surface area (Å²) in [5, 5.41) is 12.2. The number of nitrogens with zero attached hydrogens (tertiary/aromatic N) is 4. The number of hydrogen-bond acceptors (Lipinski definition) is 7. The van der Waals surface area contributed by atoms with Crippen molar-refractivity contribution in [2.24, 2.45) is 0 Å². The minimum Gasteiger partial charge on any atom is -0.480 e. The van der Waals surface area contributed by atoms with E-state index in [4.69, 9.17) is 5.73 Å². The van der Waals surface area contributed by atoms with Gasteiger partial charge in [-0.05, 0) is 0 Å². The summed E-state index contributed by atoms with van der Waals surface area (Å²) in [6.07, 6.45) is 4.72. The van der Waals surface area contributed by atoms with E-state index in [2.05, 4.69) is 35.2 Å². The summed E-state index contributed by atoms with van der Waals surface area (Å²) in [5.74, 6) is -0.112. The van der Waals surface area contributed by atoms with E-state index in [1.54, 1.807) is 6.20 Å². The number of carboxylic acid groups (broad SMARTS) is 1. The van der Waals surface area contributed by atoms with Gasteiger partial charge in [0.15, 0.2) is 11.5 Å². The number of carboxylic acids is 1. The minimum atomic E-state index is -0.954. The predicted molar refractivity (Wildman–Crippen MR) is 76.7 cm³/mol. The number of nitrogen functional groups attached to an aromatic ring is 1. The van der Waals surface area contributed by atoms with E-state index in [-0.39, 0.29) is 13.0 Å². The topological polar surface area (TPSA) is 158 Å². The second-order valence-electron chi connectivity index (χ2n) is 4.69. The number of aromatic nitrogens is 6. The number of carbonyl (C=O) groups is 1. The normalized spacial score (nSPS) is 12.5. The summed E-state index contributed by atoms with van der Waals surface area (Å²) in [4.78, 5) is 33.1. The zero-order valence-electron chi connectivity index (χ0n) is 11.4. The maximum Gasteiger partial charge on any atom is 0.321 e. The fourth-order valence-electron chi connectivity index (χ4n) is 2.06. The highest BCUT2D eigenvalue weighted by Crippen LogP contribution is 2.13. The molecular formula is C12H14N8O2. The van der Waals surface area contributed by atoms with Crippen LogP contribution in [0.4, 0.5) is 5.82 Å². The van der Waals surface area contributed by atoms with E-state index < -0.39 is 12.0 Å². The molecule has 6 N–H and O–H groups in total. The first-order valence-corrected chi connectivity index (χ1v) is 6.52. The summed E-state index contributed by atoms with van der Waals surface area (Å²) < 4.78 is 0. The second-order valence-corrected chi connectivity index (χ2v) is 4.69. The number of nitrogens with one attached hydrogen (secondary N) is 3. The molecule has 1 unspecified atom stereocenters. The monoisotopic (exact) mass is 302 g/mol. The number of imidazole rings is 2. The lowest BCUT2D eigenvalue weighted by Gasteiger charge is -2.12. The van der Waals surface area contributed by atoms with E-state index in [0.717, 1.165) is 5.69 Å². The molecule has 1 atom stereocenters. The third-order valence-corrected chi connectivity index (χ3v) is 3.16. The molecule has 3 rings (SSSR count). The summed E-state index contributed by atoms with van der Waals surface area (Å²) in [6.45, 7) is 0.237. The van der Waals surface area contributed by atoms with Crippen LogP contribution < -0.4 is 11.1 Å². The van der Waals surface area contributed by atoms with Gasteiger partial charge in [-0.15, -0.1) is 0 Å². The van der Waals surface area contributed by atoms with Gasteiger partial charge >= 0.3 is 5.97 Å². The van der Waals surface area contributed by atoms with Gasteiger partial charge in [0.05, 0.1) is 12.9 Å². The molecule has 0 bridgehead atoms. The van der Waals surface area contributed by atoms with Crippen molar-refractivity contribution < 1.29 is 9.90 Å². The number of aliphatic carboxylic acids is 1. The number of H-pyrrole nitrogens is 2. The predicted octanol–water partition coefficient (Wildman–Crippen LogP) is -0.556. The van der Waals surface area contributed by atoms with Crippen LogP contribution >= 0.6 is 0 Å². The van der Waals surface area contributed by atoms with E-state index >= 15 is 0 Å². The molecule has 0 aliphatic heterocycles. The quantitative estimate of drug-likeness (QED) is 0.405. The van der Waals surface area contributed by atoms with Gasteiger partial charge in [-0.25, -0.2) is 19.9 Å². The maximum atomic E-state index is 11.3. The lowest BCUT2D eigenvalue weighted by atomic mass is 10.1. The summed E-state index contributed by atoms with van der Waals surface area (Å²) in [7, 11) is 0. The molecule has 0 saturated carbocycles. The van der Waals surface area contributed by atoms with Crippen molar-refractivity contribution in [3.8, 4) is 0 Å². The Morgan fingerprint density at radius 3 is 3.00 bits per heavy atom. The van der Waals surface area contributed by atoms with Crippen LogP contribution in [0.3, 0.4) is 0 Å². The molecule has 0 aliphatic rings. The third kappa shape index (κ3) is 2.86. The molecular weight excluding hydrogens is 288 g/mol. The molecule has 0 radical (unpaired) electrons. The molecule has 0 amide bonds. The van der Waals surface area contributed by atoms with Gasteiger partial charge in [0.25, 0.3) is 0 Å². The number of hydrogen-bond donors (Lipinski definition) is 5. The number of rotatable bonds is 6. The highest BCUT2D eigenvalue weighted by molar-refractivity contribution is 5.81. The Morgan fingerprint density at radius 1 is 1.45 bits per heavy atom. The molecule has 10 nitrogen and oxygen atoms in total. The van der Waals surface area contributed by atoms with Crippen molar-refractivity contribution >= 4 is 23.0 Å². The van der Waals surface area contributed by atoms with E-state index in [9.17, 15) is 9.90 Å². The lowest BCUT2D eigenvalue weighted by Crippen LogP contribution is -2.38. The van der Waals surface area contributed by atoms with E-state index in [0.29, 0.717) is 22.8 Å². The smallest absolute Gasteiger partial charge is 0.321 e. The van der Waals surface area contributed by atoms with Crippen LogP contribution in [0.2, 0.25) is 0 Å². The fourth-order valence-corrected chi connectivity index (χ4v) is 2.06. The van der Waals surface area contributed by atoms with Crippen LogP contribution in [0.25, 0.3) is 11.2 Å². The number of fused-ring (bicyclic) bond motifs is 1. The third-order valence-electron chi connectivity index (χ3n) is 3.16. The van der Waals surface area contributed by atoms with Crippen molar-refractivity contribution in [1.82, 2.24) is 35.2 Å². The molecule has 3 aromatic heterocycles. The Hall–Kier alpha value is -3.01. The van der Waals surface area contributed by atoms with Crippen LogP contribution in [0.5, 0.6) is 0 Å². The van der Waals surface area contributed by atoms with Crippen molar-refractivity contribution in [2.75, 3.05) is 5.73 Å². The molecule has 22 heavy (non-hydrogen) atoms. The molecule has 0 aromatic carbocycles. The average molecular weight is 302 g/mol. The van der Waals surface area contributed by atoms with Crippen LogP contribution in [0.1, 0.15) is 11.5 Å². The Bertz CT molecular complexity index is 782. The van der Waals surface area contributed by atoms with E-state index in [1.165, 1.54) is 12.7 Å². The lowest BCUT2D eigenvalue weighted by molar-refractivity contribution is -0.139. The first-order chi connectivity index (χ1) is 10.6. The Labute approximate surface area is 124 Å². The standard InChI is InChI=1S/C12H14N8O2/c13-10-9-11(18-5-17-10)20-8(19-9)3-15-7(12(21)22)1-6-2-14-4-16-6/h2,4-5,7,15H,1,3H2,(H,14,16)(H,21,22)(H3,13,17,18,19,20).